The minimum Gasteiger partial charge on any atom is -0.483 e. The topological polar surface area (TPSA) is 35.2 Å². The van der Waals surface area contributed by atoms with E-state index in [-0.39, 0.29) is 12.1 Å². The van der Waals surface area contributed by atoms with Crippen LogP contribution in [0.15, 0.2) is 34.1 Å². The van der Waals surface area contributed by atoms with Gasteiger partial charge in [0.1, 0.15) is 11.9 Å². The number of hydrogen-bond acceptors (Lipinski definition) is 3. The van der Waals surface area contributed by atoms with Crippen LogP contribution >= 0.6 is 27.3 Å². The zero-order chi connectivity index (χ0) is 14.8. The van der Waals surface area contributed by atoms with E-state index in [2.05, 4.69) is 45.6 Å². The van der Waals surface area contributed by atoms with E-state index in [1.165, 1.54) is 36.8 Å². The monoisotopic (exact) mass is 365 g/mol. The molecule has 4 heteroatoms. The standard InChI is InChI=1S/C17H20BrNOS/c1-11(19)17(16-9-14(18)10-21-16)20-15-7-6-12-4-2-3-5-13(12)8-15/h6-11,17H,2-5,19H2,1H3. The fourth-order valence-corrected chi connectivity index (χ4v) is 4.42. The van der Waals surface area contributed by atoms with Crippen LogP contribution in [-0.4, -0.2) is 6.04 Å². The number of hydrogen-bond donors (Lipinski definition) is 1. The number of thiophene rings is 1. The summed E-state index contributed by atoms with van der Waals surface area (Å²) in [6, 6.07) is 8.55. The fraction of sp³-hybridized carbons (Fsp3) is 0.412. The van der Waals surface area contributed by atoms with E-state index < -0.39 is 0 Å². The third-order valence-electron chi connectivity index (χ3n) is 3.93. The number of ether oxygens (including phenoxy) is 1. The Hall–Kier alpha value is -0.840. The molecule has 0 aliphatic heterocycles. The first-order valence-corrected chi connectivity index (χ1v) is 9.09. The van der Waals surface area contributed by atoms with Crippen LogP contribution in [0.5, 0.6) is 5.75 Å². The zero-order valence-electron chi connectivity index (χ0n) is 12.1. The summed E-state index contributed by atoms with van der Waals surface area (Å²) in [5, 5.41) is 2.07. The molecule has 21 heavy (non-hydrogen) atoms. The van der Waals surface area contributed by atoms with Crippen LogP contribution in [0.3, 0.4) is 0 Å². The van der Waals surface area contributed by atoms with Gasteiger partial charge < -0.3 is 10.5 Å². The molecule has 0 amide bonds. The molecule has 3 rings (SSSR count). The molecule has 1 aliphatic carbocycles. The molecule has 0 bridgehead atoms. The Morgan fingerprint density at radius 1 is 1.19 bits per heavy atom. The molecule has 2 unspecified atom stereocenters. The molecular weight excluding hydrogens is 346 g/mol. The van der Waals surface area contributed by atoms with Crippen molar-refractivity contribution in [3.8, 4) is 5.75 Å². The maximum atomic E-state index is 6.21. The van der Waals surface area contributed by atoms with Crippen LogP contribution in [-0.2, 0) is 12.8 Å². The van der Waals surface area contributed by atoms with Gasteiger partial charge in [-0.25, -0.2) is 0 Å². The first-order chi connectivity index (χ1) is 10.1. The third kappa shape index (κ3) is 3.50. The summed E-state index contributed by atoms with van der Waals surface area (Å²) in [5.74, 6) is 0.933. The van der Waals surface area contributed by atoms with Gasteiger partial charge in [0.15, 0.2) is 0 Å². The Morgan fingerprint density at radius 3 is 2.62 bits per heavy atom. The molecule has 0 fully saturated rings. The molecule has 2 N–H and O–H groups in total. The first kappa shape index (κ1) is 15.1. The predicted molar refractivity (Wildman–Crippen MR) is 92.1 cm³/mol. The number of halogens is 1. The molecule has 1 aromatic heterocycles. The molecule has 0 spiro atoms. The predicted octanol–water partition coefficient (Wildman–Crippen LogP) is 4.86. The molecule has 0 saturated heterocycles. The van der Waals surface area contributed by atoms with Crippen LogP contribution in [0.1, 0.15) is 41.9 Å². The third-order valence-corrected chi connectivity index (χ3v) is 5.68. The van der Waals surface area contributed by atoms with Gasteiger partial charge in [0.05, 0.1) is 0 Å². The van der Waals surface area contributed by atoms with E-state index in [0.29, 0.717) is 0 Å². The lowest BCUT2D eigenvalue weighted by Crippen LogP contribution is -2.28. The van der Waals surface area contributed by atoms with E-state index >= 15 is 0 Å². The highest BCUT2D eigenvalue weighted by Gasteiger charge is 2.21. The maximum Gasteiger partial charge on any atom is 0.148 e. The van der Waals surface area contributed by atoms with Crippen molar-refractivity contribution < 1.29 is 4.74 Å². The highest BCUT2D eigenvalue weighted by molar-refractivity contribution is 9.10. The molecule has 112 valence electrons. The average Bonchev–Trinajstić information content (AvgIpc) is 2.90. The molecule has 2 atom stereocenters. The molecule has 0 radical (unpaired) electrons. The number of nitrogens with two attached hydrogens (primary N) is 1. The SMILES string of the molecule is CC(N)C(Oc1ccc2c(c1)CCCC2)c1cc(Br)cs1. The van der Waals surface area contributed by atoms with Crippen molar-refractivity contribution in [2.24, 2.45) is 5.73 Å². The van der Waals surface area contributed by atoms with Gasteiger partial charge in [-0.2, -0.15) is 0 Å². The molecule has 1 aromatic carbocycles. The summed E-state index contributed by atoms with van der Waals surface area (Å²) in [6.07, 6.45) is 4.86. The van der Waals surface area contributed by atoms with Crippen LogP contribution in [0.25, 0.3) is 0 Å². The van der Waals surface area contributed by atoms with E-state index in [9.17, 15) is 0 Å². The van der Waals surface area contributed by atoms with Gasteiger partial charge >= 0.3 is 0 Å². The molecule has 1 aliphatic rings. The second kappa shape index (κ2) is 6.51. The summed E-state index contributed by atoms with van der Waals surface area (Å²) in [4.78, 5) is 1.16. The fourth-order valence-electron chi connectivity index (χ4n) is 2.83. The lowest BCUT2D eigenvalue weighted by atomic mass is 9.92. The average molecular weight is 366 g/mol. The van der Waals surface area contributed by atoms with E-state index in [1.807, 2.05) is 6.92 Å². The molecule has 1 heterocycles. The van der Waals surface area contributed by atoms with Gasteiger partial charge in [-0.15, -0.1) is 11.3 Å². The molecular formula is C17H20BrNOS. The Labute approximate surface area is 138 Å². The Balaban J connectivity index is 1.83. The van der Waals surface area contributed by atoms with Crippen LogP contribution in [0.4, 0.5) is 0 Å². The van der Waals surface area contributed by atoms with Crippen molar-refractivity contribution in [1.82, 2.24) is 0 Å². The van der Waals surface area contributed by atoms with Crippen molar-refractivity contribution in [3.05, 3.63) is 50.1 Å². The van der Waals surface area contributed by atoms with Crippen LogP contribution < -0.4 is 10.5 Å². The zero-order valence-corrected chi connectivity index (χ0v) is 14.5. The number of fused-ring (bicyclic) bond motifs is 1. The van der Waals surface area contributed by atoms with Gasteiger partial charge in [-0.05, 0) is 77.9 Å². The maximum absolute atomic E-state index is 6.21. The Kier molecular flexibility index (Phi) is 4.67. The quantitative estimate of drug-likeness (QED) is 0.839. The molecule has 2 aromatic rings. The minimum absolute atomic E-state index is 0.0495. The molecule has 2 nitrogen and oxygen atoms in total. The van der Waals surface area contributed by atoms with Gasteiger partial charge in [0, 0.05) is 20.8 Å². The highest BCUT2D eigenvalue weighted by Crippen LogP contribution is 2.32. The second-order valence-corrected chi connectivity index (χ2v) is 7.56. The summed E-state index contributed by atoms with van der Waals surface area (Å²) in [6.45, 7) is 2.00. The number of rotatable bonds is 4. The van der Waals surface area contributed by atoms with Crippen molar-refractivity contribution in [3.63, 3.8) is 0 Å². The van der Waals surface area contributed by atoms with Gasteiger partial charge in [-0.1, -0.05) is 6.07 Å². The normalized spacial score (nSPS) is 17.1. The minimum atomic E-state index is -0.0945. The molecule has 0 saturated carbocycles. The van der Waals surface area contributed by atoms with Crippen molar-refractivity contribution >= 4 is 27.3 Å². The first-order valence-electron chi connectivity index (χ1n) is 7.41. The van der Waals surface area contributed by atoms with E-state index in [4.69, 9.17) is 10.5 Å². The van der Waals surface area contributed by atoms with E-state index in [0.717, 1.165) is 15.1 Å². The Morgan fingerprint density at radius 2 is 1.95 bits per heavy atom. The lowest BCUT2D eigenvalue weighted by Gasteiger charge is -2.23. The van der Waals surface area contributed by atoms with Gasteiger partial charge in [0.25, 0.3) is 0 Å². The van der Waals surface area contributed by atoms with Crippen LogP contribution in [0, 0.1) is 0 Å². The van der Waals surface area contributed by atoms with Crippen molar-refractivity contribution in [2.45, 2.75) is 44.8 Å². The van der Waals surface area contributed by atoms with Crippen LogP contribution in [0.2, 0.25) is 0 Å². The lowest BCUT2D eigenvalue weighted by molar-refractivity contribution is 0.184. The number of aryl methyl sites for hydroxylation is 2. The summed E-state index contributed by atoms with van der Waals surface area (Å²) < 4.78 is 7.29. The van der Waals surface area contributed by atoms with Crippen molar-refractivity contribution in [1.29, 1.82) is 0 Å². The smallest absolute Gasteiger partial charge is 0.148 e. The summed E-state index contributed by atoms with van der Waals surface area (Å²) >= 11 is 5.18. The number of benzene rings is 1. The summed E-state index contributed by atoms with van der Waals surface area (Å²) in [7, 11) is 0. The largest absolute Gasteiger partial charge is 0.483 e. The summed E-state index contributed by atoms with van der Waals surface area (Å²) in [5.41, 5.74) is 9.05. The Bertz CT molecular complexity index is 623. The van der Waals surface area contributed by atoms with E-state index in [1.54, 1.807) is 11.3 Å². The van der Waals surface area contributed by atoms with Gasteiger partial charge in [0.2, 0.25) is 0 Å². The highest BCUT2D eigenvalue weighted by atomic mass is 79.9. The van der Waals surface area contributed by atoms with Crippen molar-refractivity contribution in [2.75, 3.05) is 0 Å². The second-order valence-electron chi connectivity index (χ2n) is 5.70. The van der Waals surface area contributed by atoms with Gasteiger partial charge in [-0.3, -0.25) is 0 Å².